The minimum Gasteiger partial charge on any atom is -0.326 e. The summed E-state index contributed by atoms with van der Waals surface area (Å²) in [6, 6.07) is 9.82. The van der Waals surface area contributed by atoms with E-state index < -0.39 is 27.5 Å². The van der Waals surface area contributed by atoms with E-state index in [1.54, 1.807) is 6.07 Å². The van der Waals surface area contributed by atoms with Crippen LogP contribution in [0.25, 0.3) is 0 Å². The molecule has 2 amide bonds. The smallest absolute Gasteiger partial charge is 0.228 e. The number of fused-ring (bicyclic) bond motifs is 1. The van der Waals surface area contributed by atoms with Crippen LogP contribution < -0.4 is 10.6 Å². The van der Waals surface area contributed by atoms with Crippen molar-refractivity contribution < 1.29 is 22.4 Å². The lowest BCUT2D eigenvalue weighted by molar-refractivity contribution is -0.119. The SMILES string of the molecule is CC(CS(=O)(=O)c1ccc2c(c1)NC(=O)CCS2)C(=O)Nc1ccc(F)cc1. The van der Waals surface area contributed by atoms with Gasteiger partial charge in [-0.05, 0) is 42.5 Å². The van der Waals surface area contributed by atoms with E-state index in [0.29, 0.717) is 23.5 Å². The fraction of sp³-hybridized carbons (Fsp3) is 0.263. The van der Waals surface area contributed by atoms with Crippen LogP contribution in [0, 0.1) is 11.7 Å². The van der Waals surface area contributed by atoms with Crippen LogP contribution in [0.1, 0.15) is 13.3 Å². The quantitative estimate of drug-likeness (QED) is 0.771. The number of nitrogens with one attached hydrogen (secondary N) is 2. The van der Waals surface area contributed by atoms with Crippen LogP contribution in [0.4, 0.5) is 15.8 Å². The fourth-order valence-corrected chi connectivity index (χ4v) is 5.20. The number of carbonyl (C=O) groups excluding carboxylic acids is 2. The van der Waals surface area contributed by atoms with Gasteiger partial charge in [0.2, 0.25) is 11.8 Å². The van der Waals surface area contributed by atoms with Gasteiger partial charge in [0.15, 0.2) is 9.84 Å². The first kappa shape index (κ1) is 20.3. The van der Waals surface area contributed by atoms with Crippen LogP contribution in [-0.4, -0.2) is 31.7 Å². The molecular weight excluding hydrogens is 403 g/mol. The van der Waals surface area contributed by atoms with Crippen molar-refractivity contribution in [2.45, 2.75) is 23.1 Å². The number of anilines is 2. The number of amides is 2. The maximum atomic E-state index is 12.9. The number of rotatable bonds is 5. The first-order valence-electron chi connectivity index (χ1n) is 8.60. The van der Waals surface area contributed by atoms with Crippen molar-refractivity contribution in [3.8, 4) is 0 Å². The topological polar surface area (TPSA) is 92.3 Å². The van der Waals surface area contributed by atoms with Gasteiger partial charge in [0, 0.05) is 28.7 Å². The largest absolute Gasteiger partial charge is 0.326 e. The Morgan fingerprint density at radius 1 is 1.25 bits per heavy atom. The average Bonchev–Trinajstić information content (AvgIpc) is 2.83. The molecule has 2 N–H and O–H groups in total. The zero-order valence-electron chi connectivity index (χ0n) is 15.1. The summed E-state index contributed by atoms with van der Waals surface area (Å²) in [5, 5.41) is 5.29. The van der Waals surface area contributed by atoms with E-state index in [1.807, 2.05) is 0 Å². The lowest BCUT2D eigenvalue weighted by Gasteiger charge is -2.14. The van der Waals surface area contributed by atoms with Gasteiger partial charge < -0.3 is 10.6 Å². The molecule has 6 nitrogen and oxygen atoms in total. The van der Waals surface area contributed by atoms with Crippen molar-refractivity contribution in [3.05, 3.63) is 48.3 Å². The monoisotopic (exact) mass is 422 g/mol. The number of thioether (sulfide) groups is 1. The maximum absolute atomic E-state index is 12.9. The molecule has 3 rings (SSSR count). The summed E-state index contributed by atoms with van der Waals surface area (Å²) in [5.41, 5.74) is 0.859. The summed E-state index contributed by atoms with van der Waals surface area (Å²) in [7, 11) is -3.75. The molecular formula is C19H19FN2O4S2. The predicted molar refractivity (Wildman–Crippen MR) is 107 cm³/mol. The number of sulfone groups is 1. The molecule has 1 aliphatic rings. The van der Waals surface area contributed by atoms with E-state index in [-0.39, 0.29) is 16.6 Å². The minimum atomic E-state index is -3.75. The molecule has 0 aliphatic carbocycles. The van der Waals surface area contributed by atoms with Crippen LogP contribution in [-0.2, 0) is 19.4 Å². The lowest BCUT2D eigenvalue weighted by atomic mass is 10.2. The van der Waals surface area contributed by atoms with Gasteiger partial charge >= 0.3 is 0 Å². The Hall–Kier alpha value is -2.39. The van der Waals surface area contributed by atoms with Gasteiger partial charge in [-0.3, -0.25) is 9.59 Å². The molecule has 148 valence electrons. The molecule has 0 saturated heterocycles. The number of benzene rings is 2. The van der Waals surface area contributed by atoms with Crippen molar-refractivity contribution in [3.63, 3.8) is 0 Å². The molecule has 2 aromatic rings. The molecule has 2 aromatic carbocycles. The predicted octanol–water partition coefficient (Wildman–Crippen LogP) is 3.31. The second-order valence-corrected chi connectivity index (χ2v) is 9.65. The molecule has 0 saturated carbocycles. The summed E-state index contributed by atoms with van der Waals surface area (Å²) in [5.74, 6) is -1.65. The highest BCUT2D eigenvalue weighted by molar-refractivity contribution is 7.99. The Morgan fingerprint density at radius 2 is 1.96 bits per heavy atom. The van der Waals surface area contributed by atoms with Crippen LogP contribution in [0.5, 0.6) is 0 Å². The van der Waals surface area contributed by atoms with E-state index in [4.69, 9.17) is 0 Å². The first-order valence-corrected chi connectivity index (χ1v) is 11.2. The molecule has 28 heavy (non-hydrogen) atoms. The molecule has 1 unspecified atom stereocenters. The van der Waals surface area contributed by atoms with Gasteiger partial charge in [0.25, 0.3) is 0 Å². The average molecular weight is 423 g/mol. The van der Waals surface area contributed by atoms with E-state index in [0.717, 1.165) is 4.90 Å². The van der Waals surface area contributed by atoms with E-state index >= 15 is 0 Å². The highest BCUT2D eigenvalue weighted by Gasteiger charge is 2.25. The van der Waals surface area contributed by atoms with Gasteiger partial charge in [-0.15, -0.1) is 11.8 Å². The Bertz CT molecular complexity index is 1010. The first-order chi connectivity index (χ1) is 13.2. The van der Waals surface area contributed by atoms with E-state index in [9.17, 15) is 22.4 Å². The maximum Gasteiger partial charge on any atom is 0.228 e. The summed E-state index contributed by atoms with van der Waals surface area (Å²) >= 11 is 1.48. The van der Waals surface area contributed by atoms with Crippen molar-refractivity contribution >= 4 is 44.8 Å². The Kier molecular flexibility index (Phi) is 6.04. The summed E-state index contributed by atoms with van der Waals surface area (Å²) in [6.45, 7) is 1.51. The second kappa shape index (κ2) is 8.32. The van der Waals surface area contributed by atoms with Crippen LogP contribution in [0.15, 0.2) is 52.3 Å². The van der Waals surface area contributed by atoms with Crippen molar-refractivity contribution in [1.82, 2.24) is 0 Å². The Labute approximate surface area is 166 Å². The van der Waals surface area contributed by atoms with Gasteiger partial charge in [0.05, 0.1) is 16.3 Å². The van der Waals surface area contributed by atoms with Crippen molar-refractivity contribution in [1.29, 1.82) is 0 Å². The zero-order chi connectivity index (χ0) is 20.3. The summed E-state index contributed by atoms with van der Waals surface area (Å²) < 4.78 is 38.4. The molecule has 1 aliphatic heterocycles. The number of halogens is 1. The van der Waals surface area contributed by atoms with Crippen LogP contribution >= 0.6 is 11.8 Å². The van der Waals surface area contributed by atoms with E-state index in [2.05, 4.69) is 10.6 Å². The standard InChI is InChI=1S/C19H19FN2O4S2/c1-12(19(24)21-14-4-2-13(20)3-5-14)11-28(25,26)15-6-7-17-16(10-15)22-18(23)8-9-27-17/h2-7,10,12H,8-9,11H2,1H3,(H,21,24)(H,22,23). The highest BCUT2D eigenvalue weighted by Crippen LogP contribution is 2.33. The Morgan fingerprint density at radius 3 is 2.68 bits per heavy atom. The third-order valence-corrected chi connectivity index (χ3v) is 7.19. The molecule has 0 radical (unpaired) electrons. The zero-order valence-corrected chi connectivity index (χ0v) is 16.7. The molecule has 0 fully saturated rings. The molecule has 0 spiro atoms. The molecule has 1 heterocycles. The lowest BCUT2D eigenvalue weighted by Crippen LogP contribution is -2.27. The normalized spacial score (nSPS) is 15.1. The van der Waals surface area contributed by atoms with Crippen LogP contribution in [0.2, 0.25) is 0 Å². The molecule has 0 bridgehead atoms. The summed E-state index contributed by atoms with van der Waals surface area (Å²) in [6.07, 6.45) is 0.363. The van der Waals surface area contributed by atoms with Gasteiger partial charge in [-0.2, -0.15) is 0 Å². The van der Waals surface area contributed by atoms with Crippen LogP contribution in [0.3, 0.4) is 0 Å². The fourth-order valence-electron chi connectivity index (χ4n) is 2.69. The van der Waals surface area contributed by atoms with Crippen molar-refractivity contribution in [2.24, 2.45) is 5.92 Å². The molecule has 9 heteroatoms. The van der Waals surface area contributed by atoms with E-state index in [1.165, 1.54) is 55.1 Å². The van der Waals surface area contributed by atoms with Gasteiger partial charge in [0.1, 0.15) is 5.82 Å². The third kappa shape index (κ3) is 4.90. The molecule has 0 aromatic heterocycles. The van der Waals surface area contributed by atoms with Gasteiger partial charge in [-0.25, -0.2) is 12.8 Å². The van der Waals surface area contributed by atoms with Gasteiger partial charge in [-0.1, -0.05) is 6.92 Å². The van der Waals surface area contributed by atoms with Crippen molar-refractivity contribution in [2.75, 3.05) is 22.1 Å². The summed E-state index contributed by atoms with van der Waals surface area (Å²) in [4.78, 5) is 24.9. The number of hydrogen-bond acceptors (Lipinski definition) is 5. The number of carbonyl (C=O) groups is 2. The number of hydrogen-bond donors (Lipinski definition) is 2. The second-order valence-electron chi connectivity index (χ2n) is 6.48. The minimum absolute atomic E-state index is 0.0514. The highest BCUT2D eigenvalue weighted by atomic mass is 32.2. The molecule has 1 atom stereocenters. The third-order valence-electron chi connectivity index (χ3n) is 4.20. The Balaban J connectivity index is 1.73.